The topological polar surface area (TPSA) is 32.8 Å². The fourth-order valence-corrected chi connectivity index (χ4v) is 10.9. The number of fused-ring (bicyclic) bond motifs is 6. The fourth-order valence-electron chi connectivity index (χ4n) is 10.9. The Hall–Kier alpha value is -7.04. The highest BCUT2D eigenvalue weighted by molar-refractivity contribution is 6.08. The molecule has 2 aromatic heterocycles. The molecule has 0 saturated heterocycles. The summed E-state index contributed by atoms with van der Waals surface area (Å²) in [6.45, 7) is 0. The van der Waals surface area contributed by atoms with Crippen LogP contribution in [0.5, 0.6) is 0 Å². The molecule has 2 heterocycles. The highest BCUT2D eigenvalue weighted by atomic mass is 16.3. The molecule has 12 rings (SSSR count). The van der Waals surface area contributed by atoms with Gasteiger partial charge >= 0.3 is 0 Å². The second-order valence-electron chi connectivity index (χ2n) is 18.2. The van der Waals surface area contributed by atoms with E-state index in [0.29, 0.717) is 11.8 Å². The van der Waals surface area contributed by atoms with Gasteiger partial charge in [0.1, 0.15) is 22.3 Å². The van der Waals surface area contributed by atoms with Crippen molar-refractivity contribution in [3.8, 4) is 11.1 Å². The average molecular weight is 833 g/mol. The van der Waals surface area contributed by atoms with Crippen molar-refractivity contribution in [2.75, 3.05) is 9.80 Å². The quantitative estimate of drug-likeness (QED) is 0.145. The first-order valence-corrected chi connectivity index (χ1v) is 23.5. The number of para-hydroxylation sites is 2. The summed E-state index contributed by atoms with van der Waals surface area (Å²) in [5, 5.41) is 4.73. The molecule has 314 valence electrons. The van der Waals surface area contributed by atoms with Gasteiger partial charge in [0.25, 0.3) is 0 Å². The first-order chi connectivity index (χ1) is 31.7. The summed E-state index contributed by atoms with van der Waals surface area (Å²) in [5.74, 6) is 1.28. The van der Waals surface area contributed by atoms with E-state index >= 15 is 0 Å². The molecular weight excluding hydrogens is 781 g/mol. The average Bonchev–Trinajstić information content (AvgIpc) is 3.93. The minimum Gasteiger partial charge on any atom is -0.456 e. The predicted octanol–water partition coefficient (Wildman–Crippen LogP) is 18.2. The van der Waals surface area contributed by atoms with Crippen molar-refractivity contribution in [2.24, 2.45) is 0 Å². The summed E-state index contributed by atoms with van der Waals surface area (Å²) in [6.07, 6.45) is 13.1. The van der Waals surface area contributed by atoms with Crippen LogP contribution in [0.3, 0.4) is 0 Å². The lowest BCUT2D eigenvalue weighted by Crippen LogP contribution is -2.10. The van der Waals surface area contributed by atoms with Gasteiger partial charge in [0, 0.05) is 55.7 Å². The number of hydrogen-bond acceptors (Lipinski definition) is 4. The molecule has 0 bridgehead atoms. The summed E-state index contributed by atoms with van der Waals surface area (Å²) < 4.78 is 12.8. The molecule has 10 aromatic rings. The maximum Gasteiger partial charge on any atom is 0.135 e. The van der Waals surface area contributed by atoms with E-state index in [9.17, 15) is 0 Å². The van der Waals surface area contributed by atoms with Crippen LogP contribution in [-0.2, 0) is 0 Å². The number of furan rings is 2. The Labute approximate surface area is 375 Å². The molecule has 8 aromatic carbocycles. The second-order valence-corrected chi connectivity index (χ2v) is 18.2. The second kappa shape index (κ2) is 16.6. The first-order valence-electron chi connectivity index (χ1n) is 23.5. The van der Waals surface area contributed by atoms with Gasteiger partial charge in [-0.25, -0.2) is 0 Å². The third kappa shape index (κ3) is 7.21. The van der Waals surface area contributed by atoms with Gasteiger partial charge in [0.05, 0.1) is 0 Å². The monoisotopic (exact) mass is 832 g/mol. The Morgan fingerprint density at radius 1 is 0.297 bits per heavy atom. The van der Waals surface area contributed by atoms with Crippen molar-refractivity contribution in [3.05, 3.63) is 193 Å². The minimum atomic E-state index is 0.641. The van der Waals surface area contributed by atoms with Gasteiger partial charge in [-0.1, -0.05) is 111 Å². The van der Waals surface area contributed by atoms with Crippen LogP contribution >= 0.6 is 0 Å². The van der Waals surface area contributed by atoms with Crippen molar-refractivity contribution in [1.29, 1.82) is 0 Å². The van der Waals surface area contributed by atoms with Gasteiger partial charge in [-0.05, 0) is 169 Å². The molecule has 2 saturated carbocycles. The molecule has 0 N–H and O–H groups in total. The van der Waals surface area contributed by atoms with Gasteiger partial charge in [0.2, 0.25) is 0 Å². The minimum absolute atomic E-state index is 0.641. The fraction of sp³-hybridized carbons (Fsp3) is 0.200. The van der Waals surface area contributed by atoms with E-state index in [0.717, 1.165) is 67.2 Å². The summed E-state index contributed by atoms with van der Waals surface area (Å²) in [7, 11) is 0. The van der Waals surface area contributed by atoms with E-state index in [4.69, 9.17) is 8.83 Å². The molecule has 0 aliphatic heterocycles. The number of rotatable bonds is 9. The zero-order chi connectivity index (χ0) is 42.4. The molecule has 64 heavy (non-hydrogen) atoms. The molecule has 0 spiro atoms. The zero-order valence-electron chi connectivity index (χ0n) is 36.3. The lowest BCUT2D eigenvalue weighted by molar-refractivity contribution is 0.444. The SMILES string of the molecule is c1ccc(N(c2ccc(-c3ccc(N(c4ccccc4)c4ccc5oc6ccc(C7CCCCC7)cc6c5c4)cc3)cc2)c2ccc3oc4ccc(C5CCCCC5)cc4c3c2)cc1. The molecule has 2 aliphatic rings. The molecular formula is C60H52N2O2. The van der Waals surface area contributed by atoms with Crippen LogP contribution in [-0.4, -0.2) is 0 Å². The number of benzene rings is 8. The summed E-state index contributed by atoms with van der Waals surface area (Å²) in [5.41, 5.74) is 15.6. The van der Waals surface area contributed by atoms with Crippen molar-refractivity contribution >= 4 is 78.0 Å². The van der Waals surface area contributed by atoms with Crippen molar-refractivity contribution < 1.29 is 8.83 Å². The zero-order valence-corrected chi connectivity index (χ0v) is 36.3. The lowest BCUT2D eigenvalue weighted by Gasteiger charge is -2.26. The van der Waals surface area contributed by atoms with E-state index < -0.39 is 0 Å². The molecule has 0 unspecified atom stereocenters. The van der Waals surface area contributed by atoms with Gasteiger partial charge in [-0.2, -0.15) is 0 Å². The maximum absolute atomic E-state index is 6.41. The van der Waals surface area contributed by atoms with E-state index in [-0.39, 0.29) is 0 Å². The third-order valence-electron chi connectivity index (χ3n) is 14.2. The van der Waals surface area contributed by atoms with Crippen LogP contribution in [0.25, 0.3) is 55.0 Å². The Bertz CT molecular complexity index is 3000. The normalized spacial score (nSPS) is 15.1. The Kier molecular flexibility index (Phi) is 10.0. The van der Waals surface area contributed by atoms with E-state index in [2.05, 4.69) is 192 Å². The van der Waals surface area contributed by atoms with Crippen LogP contribution < -0.4 is 9.80 Å². The first kappa shape index (κ1) is 38.6. The summed E-state index contributed by atoms with van der Waals surface area (Å²) in [6, 6.07) is 66.4. The van der Waals surface area contributed by atoms with Gasteiger partial charge in [-0.15, -0.1) is 0 Å². The summed E-state index contributed by atoms with van der Waals surface area (Å²) >= 11 is 0. The van der Waals surface area contributed by atoms with Crippen molar-refractivity contribution in [1.82, 2.24) is 0 Å². The lowest BCUT2D eigenvalue weighted by atomic mass is 9.84. The molecule has 0 atom stereocenters. The highest BCUT2D eigenvalue weighted by Crippen LogP contribution is 2.44. The number of nitrogens with zero attached hydrogens (tertiary/aromatic N) is 2. The number of hydrogen-bond donors (Lipinski definition) is 0. The molecule has 0 radical (unpaired) electrons. The van der Waals surface area contributed by atoms with Gasteiger partial charge < -0.3 is 18.6 Å². The van der Waals surface area contributed by atoms with Crippen LogP contribution in [0, 0.1) is 0 Å². The summed E-state index contributed by atoms with van der Waals surface area (Å²) in [4.78, 5) is 4.70. The van der Waals surface area contributed by atoms with E-state index in [1.807, 2.05) is 0 Å². The van der Waals surface area contributed by atoms with Gasteiger partial charge in [-0.3, -0.25) is 0 Å². The smallest absolute Gasteiger partial charge is 0.135 e. The van der Waals surface area contributed by atoms with Crippen molar-refractivity contribution in [2.45, 2.75) is 76.0 Å². The van der Waals surface area contributed by atoms with Gasteiger partial charge in [0.15, 0.2) is 0 Å². The molecule has 4 nitrogen and oxygen atoms in total. The highest BCUT2D eigenvalue weighted by Gasteiger charge is 2.22. The van der Waals surface area contributed by atoms with Crippen LogP contribution in [0.4, 0.5) is 34.1 Å². The standard InChI is InChI=1S/C60H52N2O2/c1-5-13-41(14-6-1)45-25-33-57-53(37-45)55-39-51(31-35-59(55)63-57)61(47-17-9-3-10-18-47)49-27-21-43(22-28-49)44-23-29-50(30-24-44)62(48-19-11-4-12-20-48)52-32-36-60-56(40-52)54-38-46(26-34-58(54)64-60)42-15-7-2-8-16-42/h3-4,9-12,17-42H,1-2,5-8,13-16H2. The van der Waals surface area contributed by atoms with Crippen LogP contribution in [0.15, 0.2) is 191 Å². The molecule has 0 amide bonds. The van der Waals surface area contributed by atoms with Crippen molar-refractivity contribution in [3.63, 3.8) is 0 Å². The van der Waals surface area contributed by atoms with Crippen LogP contribution in [0.1, 0.15) is 87.2 Å². The largest absolute Gasteiger partial charge is 0.456 e. The van der Waals surface area contributed by atoms with E-state index in [1.165, 1.54) is 97.2 Å². The van der Waals surface area contributed by atoms with E-state index in [1.54, 1.807) is 0 Å². The number of anilines is 6. The molecule has 4 heteroatoms. The van der Waals surface area contributed by atoms with Crippen LogP contribution in [0.2, 0.25) is 0 Å². The Morgan fingerprint density at radius 2 is 0.625 bits per heavy atom. The third-order valence-corrected chi connectivity index (χ3v) is 14.2. The molecule has 2 fully saturated rings. The molecule has 2 aliphatic carbocycles. The predicted molar refractivity (Wildman–Crippen MR) is 267 cm³/mol. The Balaban J connectivity index is 0.865. The maximum atomic E-state index is 6.41. The Morgan fingerprint density at radius 3 is 1.02 bits per heavy atom.